The first-order valence-corrected chi connectivity index (χ1v) is 11.0. The number of aromatic amines is 1. The van der Waals surface area contributed by atoms with Gasteiger partial charge in [-0.05, 0) is 11.1 Å². The molecule has 152 valence electrons. The lowest BCUT2D eigenvalue weighted by atomic mass is 10.2. The van der Waals surface area contributed by atoms with E-state index in [0.29, 0.717) is 24.6 Å². The van der Waals surface area contributed by atoms with Gasteiger partial charge in [-0.1, -0.05) is 60.7 Å². The molecule has 1 heterocycles. The summed E-state index contributed by atoms with van der Waals surface area (Å²) in [7, 11) is 2.79. The number of hydrogen-bond acceptors (Lipinski definition) is 3. The van der Waals surface area contributed by atoms with Crippen LogP contribution in [0.5, 0.6) is 0 Å². The molecule has 7 heteroatoms. The molecule has 1 atom stereocenters. The van der Waals surface area contributed by atoms with Crippen molar-refractivity contribution in [2.45, 2.75) is 12.3 Å². The monoisotopic (exact) mass is 409 g/mol. The van der Waals surface area contributed by atoms with E-state index >= 15 is 0 Å². The molecule has 3 aromatic rings. The third-order valence-corrected chi connectivity index (χ3v) is 5.77. The van der Waals surface area contributed by atoms with Crippen molar-refractivity contribution in [3.05, 3.63) is 78.2 Å². The average Bonchev–Trinajstić information content (AvgIpc) is 3.21. The van der Waals surface area contributed by atoms with Crippen LogP contribution >= 0.6 is 0 Å². The number of H-pyrrole nitrogens is 1. The third kappa shape index (κ3) is 6.29. The summed E-state index contributed by atoms with van der Waals surface area (Å²) < 4.78 is 12.3. The standard InChI is InChI=1S/C22H27N5OS/c1-23-22(24-13-14-29(28)17-18-9-5-3-6-10-18)27(2)16-21-25-15-20(26-21)19-11-7-4-8-12-19/h3-12,15H,13-14,16-17H2,1-2H3,(H,23,24)(H,25,26). The Labute approximate surface area is 174 Å². The summed E-state index contributed by atoms with van der Waals surface area (Å²) in [4.78, 5) is 14.1. The Morgan fingerprint density at radius 3 is 2.52 bits per heavy atom. The molecule has 0 bridgehead atoms. The maximum atomic E-state index is 12.3. The first-order valence-electron chi connectivity index (χ1n) is 9.55. The third-order valence-electron chi connectivity index (χ3n) is 4.46. The molecule has 0 radical (unpaired) electrons. The van der Waals surface area contributed by atoms with E-state index in [1.54, 1.807) is 7.05 Å². The predicted octanol–water partition coefficient (Wildman–Crippen LogP) is 3.03. The maximum absolute atomic E-state index is 12.3. The van der Waals surface area contributed by atoms with E-state index in [1.165, 1.54) is 0 Å². The molecule has 2 N–H and O–H groups in total. The fourth-order valence-electron chi connectivity index (χ4n) is 3.00. The normalized spacial score (nSPS) is 12.6. The fraction of sp³-hybridized carbons (Fsp3) is 0.273. The van der Waals surface area contributed by atoms with Crippen molar-refractivity contribution >= 4 is 16.8 Å². The van der Waals surface area contributed by atoms with E-state index in [1.807, 2.05) is 66.7 Å². The Hall–Kier alpha value is -2.93. The molecule has 6 nitrogen and oxygen atoms in total. The summed E-state index contributed by atoms with van der Waals surface area (Å²) in [5.41, 5.74) is 3.20. The van der Waals surface area contributed by atoms with Crippen molar-refractivity contribution in [3.8, 4) is 11.3 Å². The fourth-order valence-corrected chi connectivity index (χ4v) is 4.04. The minimum absolute atomic E-state index is 0.570. The van der Waals surface area contributed by atoms with Crippen LogP contribution in [0.15, 0.2) is 71.9 Å². The predicted molar refractivity (Wildman–Crippen MR) is 120 cm³/mol. The highest BCUT2D eigenvalue weighted by molar-refractivity contribution is 7.84. The molecule has 0 saturated heterocycles. The zero-order chi connectivity index (χ0) is 20.5. The molecule has 0 aliphatic heterocycles. The molecule has 0 amide bonds. The van der Waals surface area contributed by atoms with Gasteiger partial charge in [-0.25, -0.2) is 4.98 Å². The second-order valence-corrected chi connectivity index (χ2v) is 8.29. The molecule has 0 spiro atoms. The van der Waals surface area contributed by atoms with Crippen LogP contribution in [0.2, 0.25) is 0 Å². The Bertz CT molecular complexity index is 940. The molecule has 1 unspecified atom stereocenters. The second kappa shape index (κ2) is 10.6. The van der Waals surface area contributed by atoms with E-state index in [9.17, 15) is 4.21 Å². The van der Waals surface area contributed by atoms with Gasteiger partial charge in [0, 0.05) is 42.9 Å². The Balaban J connectivity index is 1.47. The molecule has 3 rings (SSSR count). The summed E-state index contributed by atoms with van der Waals surface area (Å²) in [5, 5.41) is 3.29. The topological polar surface area (TPSA) is 73.4 Å². The molecule has 0 saturated carbocycles. The highest BCUT2D eigenvalue weighted by atomic mass is 32.2. The van der Waals surface area contributed by atoms with Crippen molar-refractivity contribution in [1.29, 1.82) is 0 Å². The summed E-state index contributed by atoms with van der Waals surface area (Å²) >= 11 is 0. The van der Waals surface area contributed by atoms with Crippen molar-refractivity contribution < 1.29 is 4.21 Å². The number of guanidine groups is 1. The van der Waals surface area contributed by atoms with Crippen LogP contribution in [0.1, 0.15) is 11.4 Å². The molecule has 0 aliphatic carbocycles. The SMILES string of the molecule is CN=C(NCCS(=O)Cc1ccccc1)N(C)Cc1ncc(-c2ccccc2)[nH]1. The summed E-state index contributed by atoms with van der Waals surface area (Å²) in [6.45, 7) is 1.20. The van der Waals surface area contributed by atoms with E-state index in [0.717, 1.165) is 28.6 Å². The van der Waals surface area contributed by atoms with Crippen molar-refractivity contribution in [3.63, 3.8) is 0 Å². The zero-order valence-electron chi connectivity index (χ0n) is 16.8. The summed E-state index contributed by atoms with van der Waals surface area (Å²) in [6.07, 6.45) is 1.85. The first-order chi connectivity index (χ1) is 14.2. The second-order valence-electron chi connectivity index (χ2n) is 6.71. The average molecular weight is 410 g/mol. The van der Waals surface area contributed by atoms with Crippen molar-refractivity contribution in [2.24, 2.45) is 4.99 Å². The maximum Gasteiger partial charge on any atom is 0.193 e. The van der Waals surface area contributed by atoms with Gasteiger partial charge in [0.2, 0.25) is 0 Å². The van der Waals surface area contributed by atoms with E-state index in [-0.39, 0.29) is 0 Å². The van der Waals surface area contributed by atoms with Gasteiger partial charge in [0.1, 0.15) is 5.82 Å². The molecular formula is C22H27N5OS. The van der Waals surface area contributed by atoms with Gasteiger partial charge < -0.3 is 15.2 Å². The quantitative estimate of drug-likeness (QED) is 0.443. The zero-order valence-corrected chi connectivity index (χ0v) is 17.7. The number of hydrogen-bond donors (Lipinski definition) is 2. The van der Waals surface area contributed by atoms with Gasteiger partial charge in [0.15, 0.2) is 5.96 Å². The molecule has 0 fully saturated rings. The van der Waals surface area contributed by atoms with Gasteiger partial charge in [0.25, 0.3) is 0 Å². The van der Waals surface area contributed by atoms with Crippen molar-refractivity contribution in [2.75, 3.05) is 26.4 Å². The highest BCUT2D eigenvalue weighted by Gasteiger charge is 2.10. The lowest BCUT2D eigenvalue weighted by Gasteiger charge is -2.21. The van der Waals surface area contributed by atoms with E-state index in [4.69, 9.17) is 0 Å². The largest absolute Gasteiger partial charge is 0.355 e. The van der Waals surface area contributed by atoms with E-state index < -0.39 is 10.8 Å². The first kappa shape index (κ1) is 20.8. The van der Waals surface area contributed by atoms with Gasteiger partial charge >= 0.3 is 0 Å². The number of nitrogens with one attached hydrogen (secondary N) is 2. The Morgan fingerprint density at radius 2 is 1.83 bits per heavy atom. The molecule has 1 aromatic heterocycles. The van der Waals surface area contributed by atoms with Crippen LogP contribution < -0.4 is 5.32 Å². The Kier molecular flexibility index (Phi) is 7.58. The molecule has 29 heavy (non-hydrogen) atoms. The van der Waals surface area contributed by atoms with Crippen LogP contribution in [-0.2, 0) is 23.1 Å². The molecule has 0 aliphatic rings. The number of aliphatic imine (C=N–C) groups is 1. The molecular weight excluding hydrogens is 382 g/mol. The number of rotatable bonds is 8. The van der Waals surface area contributed by atoms with Gasteiger partial charge in [-0.2, -0.15) is 0 Å². The number of imidazole rings is 1. The summed E-state index contributed by atoms with van der Waals surface area (Å²) in [6, 6.07) is 20.0. The van der Waals surface area contributed by atoms with Crippen LogP contribution in [0.3, 0.4) is 0 Å². The van der Waals surface area contributed by atoms with E-state index in [2.05, 4.69) is 32.4 Å². The van der Waals surface area contributed by atoms with Crippen LogP contribution in [0.4, 0.5) is 0 Å². The lowest BCUT2D eigenvalue weighted by Crippen LogP contribution is -2.40. The van der Waals surface area contributed by atoms with Crippen molar-refractivity contribution in [1.82, 2.24) is 20.2 Å². The smallest absolute Gasteiger partial charge is 0.193 e. The van der Waals surface area contributed by atoms with Gasteiger partial charge in [-0.3, -0.25) is 9.20 Å². The lowest BCUT2D eigenvalue weighted by molar-refractivity contribution is 0.466. The van der Waals surface area contributed by atoms with Crippen LogP contribution in [-0.4, -0.2) is 51.4 Å². The van der Waals surface area contributed by atoms with Gasteiger partial charge in [0.05, 0.1) is 18.4 Å². The minimum atomic E-state index is -0.913. The van der Waals surface area contributed by atoms with Crippen LogP contribution in [0, 0.1) is 0 Å². The minimum Gasteiger partial charge on any atom is -0.355 e. The van der Waals surface area contributed by atoms with Crippen LogP contribution in [0.25, 0.3) is 11.3 Å². The highest BCUT2D eigenvalue weighted by Crippen LogP contribution is 2.16. The Morgan fingerprint density at radius 1 is 1.14 bits per heavy atom. The number of benzene rings is 2. The molecule has 2 aromatic carbocycles. The van der Waals surface area contributed by atoms with Gasteiger partial charge in [-0.15, -0.1) is 0 Å². The number of aromatic nitrogens is 2. The summed E-state index contributed by atoms with van der Waals surface area (Å²) in [5.74, 6) is 2.76. The number of nitrogens with zero attached hydrogens (tertiary/aromatic N) is 3.